The summed E-state index contributed by atoms with van der Waals surface area (Å²) in [7, 11) is 1.64. The molecule has 0 saturated carbocycles. The third-order valence-electron chi connectivity index (χ3n) is 3.84. The SMILES string of the molecule is COc1cc(C)ccc1OCCOCCOc1cccc(C)c1C. The first-order valence-electron chi connectivity index (χ1n) is 8.16. The van der Waals surface area contributed by atoms with Crippen molar-refractivity contribution in [2.45, 2.75) is 20.8 Å². The average Bonchev–Trinajstić information content (AvgIpc) is 2.58. The Morgan fingerprint density at radius 2 is 1.46 bits per heavy atom. The van der Waals surface area contributed by atoms with Crippen LogP contribution in [0.4, 0.5) is 0 Å². The third-order valence-corrected chi connectivity index (χ3v) is 3.84. The zero-order valence-electron chi connectivity index (χ0n) is 14.9. The number of rotatable bonds is 9. The molecule has 130 valence electrons. The van der Waals surface area contributed by atoms with Gasteiger partial charge in [0.1, 0.15) is 19.0 Å². The Hall–Kier alpha value is -2.20. The molecule has 0 heterocycles. The van der Waals surface area contributed by atoms with Crippen LogP contribution in [0.1, 0.15) is 16.7 Å². The highest BCUT2D eigenvalue weighted by molar-refractivity contribution is 5.42. The number of methoxy groups -OCH3 is 1. The summed E-state index contributed by atoms with van der Waals surface area (Å²) in [5.41, 5.74) is 3.54. The van der Waals surface area contributed by atoms with Crippen LogP contribution in [0.25, 0.3) is 0 Å². The van der Waals surface area contributed by atoms with Crippen LogP contribution in [0.2, 0.25) is 0 Å². The highest BCUT2D eigenvalue weighted by Gasteiger charge is 2.04. The van der Waals surface area contributed by atoms with Gasteiger partial charge in [-0.1, -0.05) is 18.2 Å². The van der Waals surface area contributed by atoms with E-state index in [-0.39, 0.29) is 0 Å². The fourth-order valence-corrected chi connectivity index (χ4v) is 2.30. The fraction of sp³-hybridized carbons (Fsp3) is 0.400. The Bertz CT molecular complexity index is 652. The van der Waals surface area contributed by atoms with Gasteiger partial charge in [-0.15, -0.1) is 0 Å². The van der Waals surface area contributed by atoms with E-state index in [0.717, 1.165) is 22.8 Å². The smallest absolute Gasteiger partial charge is 0.161 e. The Kier molecular flexibility index (Phi) is 6.94. The van der Waals surface area contributed by atoms with Crippen molar-refractivity contribution in [1.29, 1.82) is 0 Å². The molecule has 0 amide bonds. The summed E-state index contributed by atoms with van der Waals surface area (Å²) in [5, 5.41) is 0. The lowest BCUT2D eigenvalue weighted by molar-refractivity contribution is 0.0755. The monoisotopic (exact) mass is 330 g/mol. The molecule has 0 aliphatic heterocycles. The molecule has 2 aromatic rings. The van der Waals surface area contributed by atoms with Crippen LogP contribution in [0, 0.1) is 20.8 Å². The predicted octanol–water partition coefficient (Wildman–Crippen LogP) is 4.09. The Morgan fingerprint density at radius 3 is 2.17 bits per heavy atom. The minimum atomic E-state index is 0.475. The normalized spacial score (nSPS) is 10.5. The van der Waals surface area contributed by atoms with Crippen LogP contribution in [0.3, 0.4) is 0 Å². The number of hydrogen-bond acceptors (Lipinski definition) is 4. The van der Waals surface area contributed by atoms with Crippen LogP contribution in [0.15, 0.2) is 36.4 Å². The summed E-state index contributed by atoms with van der Waals surface area (Å²) in [5.74, 6) is 2.39. The lowest BCUT2D eigenvalue weighted by Crippen LogP contribution is -2.12. The van der Waals surface area contributed by atoms with Gasteiger partial charge in [0.05, 0.1) is 20.3 Å². The second-order valence-electron chi connectivity index (χ2n) is 5.66. The molecule has 0 aliphatic carbocycles. The lowest BCUT2D eigenvalue weighted by atomic mass is 10.1. The standard InChI is InChI=1S/C20H26O4/c1-15-8-9-19(20(14-15)21-4)24-13-11-22-10-12-23-18-7-5-6-16(2)17(18)3/h5-9,14H,10-13H2,1-4H3. The maximum atomic E-state index is 5.75. The molecule has 4 heteroatoms. The molecular formula is C20H26O4. The van der Waals surface area contributed by atoms with E-state index in [1.165, 1.54) is 11.1 Å². The van der Waals surface area contributed by atoms with Crippen LogP contribution in [-0.2, 0) is 4.74 Å². The van der Waals surface area contributed by atoms with Crippen LogP contribution in [-0.4, -0.2) is 33.5 Å². The summed E-state index contributed by atoms with van der Waals surface area (Å²) in [4.78, 5) is 0. The first-order valence-corrected chi connectivity index (χ1v) is 8.16. The summed E-state index contributed by atoms with van der Waals surface area (Å²) in [6.45, 7) is 8.20. The van der Waals surface area contributed by atoms with Gasteiger partial charge >= 0.3 is 0 Å². The number of aryl methyl sites for hydroxylation is 2. The van der Waals surface area contributed by atoms with Gasteiger partial charge in [-0.25, -0.2) is 0 Å². The molecule has 0 spiro atoms. The number of ether oxygens (including phenoxy) is 4. The highest BCUT2D eigenvalue weighted by atomic mass is 16.6. The van der Waals surface area contributed by atoms with Gasteiger partial charge in [0.25, 0.3) is 0 Å². The van der Waals surface area contributed by atoms with E-state index in [4.69, 9.17) is 18.9 Å². The zero-order chi connectivity index (χ0) is 17.4. The molecule has 0 atom stereocenters. The minimum absolute atomic E-state index is 0.475. The van der Waals surface area contributed by atoms with Gasteiger partial charge in [0, 0.05) is 0 Å². The Morgan fingerprint density at radius 1 is 0.750 bits per heavy atom. The first kappa shape index (κ1) is 18.1. The van der Waals surface area contributed by atoms with E-state index in [9.17, 15) is 0 Å². The summed E-state index contributed by atoms with van der Waals surface area (Å²) in [6.07, 6.45) is 0. The molecule has 0 fully saturated rings. The second kappa shape index (κ2) is 9.18. The lowest BCUT2D eigenvalue weighted by Gasteiger charge is -2.12. The molecule has 0 aromatic heterocycles. The Balaban J connectivity index is 1.64. The average molecular weight is 330 g/mol. The topological polar surface area (TPSA) is 36.9 Å². The number of hydrogen-bond donors (Lipinski definition) is 0. The first-order chi connectivity index (χ1) is 11.6. The van der Waals surface area contributed by atoms with E-state index < -0.39 is 0 Å². The quantitative estimate of drug-likeness (QED) is 0.649. The van der Waals surface area contributed by atoms with Gasteiger partial charge in [0.15, 0.2) is 11.5 Å². The van der Waals surface area contributed by atoms with Crippen molar-refractivity contribution in [3.05, 3.63) is 53.1 Å². The van der Waals surface area contributed by atoms with Crippen molar-refractivity contribution < 1.29 is 18.9 Å². The van der Waals surface area contributed by atoms with Crippen molar-refractivity contribution in [2.75, 3.05) is 33.5 Å². The van der Waals surface area contributed by atoms with E-state index in [2.05, 4.69) is 19.9 Å². The second-order valence-corrected chi connectivity index (χ2v) is 5.66. The molecular weight excluding hydrogens is 304 g/mol. The predicted molar refractivity (Wildman–Crippen MR) is 95.5 cm³/mol. The third kappa shape index (κ3) is 5.17. The van der Waals surface area contributed by atoms with E-state index in [0.29, 0.717) is 26.4 Å². The van der Waals surface area contributed by atoms with Gasteiger partial charge in [-0.2, -0.15) is 0 Å². The molecule has 0 saturated heterocycles. The Labute approximate surface area is 144 Å². The zero-order valence-corrected chi connectivity index (χ0v) is 14.9. The largest absolute Gasteiger partial charge is 0.493 e. The van der Waals surface area contributed by atoms with Crippen LogP contribution in [0.5, 0.6) is 17.2 Å². The molecule has 2 aromatic carbocycles. The van der Waals surface area contributed by atoms with Crippen LogP contribution >= 0.6 is 0 Å². The summed E-state index contributed by atoms with van der Waals surface area (Å²) >= 11 is 0. The van der Waals surface area contributed by atoms with Crippen molar-refractivity contribution >= 4 is 0 Å². The van der Waals surface area contributed by atoms with Gasteiger partial charge in [-0.05, 0) is 55.7 Å². The van der Waals surface area contributed by atoms with Gasteiger partial charge in [-0.3, -0.25) is 0 Å². The highest BCUT2D eigenvalue weighted by Crippen LogP contribution is 2.27. The molecule has 0 N–H and O–H groups in total. The molecule has 0 unspecified atom stereocenters. The number of benzene rings is 2. The molecule has 2 rings (SSSR count). The van der Waals surface area contributed by atoms with E-state index >= 15 is 0 Å². The van der Waals surface area contributed by atoms with Gasteiger partial charge in [0.2, 0.25) is 0 Å². The van der Waals surface area contributed by atoms with Crippen molar-refractivity contribution in [2.24, 2.45) is 0 Å². The molecule has 4 nitrogen and oxygen atoms in total. The molecule has 24 heavy (non-hydrogen) atoms. The van der Waals surface area contributed by atoms with Crippen molar-refractivity contribution in [3.8, 4) is 17.2 Å². The summed E-state index contributed by atoms with van der Waals surface area (Å²) < 4.78 is 22.3. The molecule has 0 bridgehead atoms. The van der Waals surface area contributed by atoms with Gasteiger partial charge < -0.3 is 18.9 Å². The maximum Gasteiger partial charge on any atom is 0.161 e. The van der Waals surface area contributed by atoms with Crippen molar-refractivity contribution in [1.82, 2.24) is 0 Å². The molecule has 0 aliphatic rings. The van der Waals surface area contributed by atoms with Crippen molar-refractivity contribution in [3.63, 3.8) is 0 Å². The minimum Gasteiger partial charge on any atom is -0.493 e. The summed E-state index contributed by atoms with van der Waals surface area (Å²) in [6, 6.07) is 11.9. The molecule has 0 radical (unpaired) electrons. The van der Waals surface area contributed by atoms with E-state index in [1.54, 1.807) is 7.11 Å². The maximum absolute atomic E-state index is 5.75. The fourth-order valence-electron chi connectivity index (χ4n) is 2.30. The van der Waals surface area contributed by atoms with Crippen LogP contribution < -0.4 is 14.2 Å². The van der Waals surface area contributed by atoms with E-state index in [1.807, 2.05) is 37.3 Å².